The van der Waals surface area contributed by atoms with Crippen LogP contribution in [0.2, 0.25) is 0 Å². The van der Waals surface area contributed by atoms with Gasteiger partial charge < -0.3 is 5.32 Å². The van der Waals surface area contributed by atoms with Gasteiger partial charge >= 0.3 is 0 Å². The molecule has 1 rings (SSSR count). The fourth-order valence-corrected chi connectivity index (χ4v) is 1.72. The molecule has 3 heteroatoms. The Kier molecular flexibility index (Phi) is 7.07. The number of rotatable bonds is 8. The van der Waals surface area contributed by atoms with E-state index in [0.29, 0.717) is 12.3 Å². The van der Waals surface area contributed by atoms with Crippen molar-refractivity contribution in [1.82, 2.24) is 10.3 Å². The molecule has 3 nitrogen and oxygen atoms in total. The maximum Gasteiger partial charge on any atom is 0.220 e. The molecular weight excluding hydrogens is 224 g/mol. The summed E-state index contributed by atoms with van der Waals surface area (Å²) in [5, 5.41) is 2.94. The molecule has 0 spiro atoms. The van der Waals surface area contributed by atoms with Gasteiger partial charge in [0.1, 0.15) is 0 Å². The van der Waals surface area contributed by atoms with Gasteiger partial charge in [0, 0.05) is 24.9 Å². The second-order valence-electron chi connectivity index (χ2n) is 5.08. The van der Waals surface area contributed by atoms with Crippen molar-refractivity contribution in [3.8, 4) is 0 Å². The molecule has 1 heterocycles. The quantitative estimate of drug-likeness (QED) is 0.719. The van der Waals surface area contributed by atoms with Crippen molar-refractivity contribution >= 4 is 5.91 Å². The summed E-state index contributed by atoms with van der Waals surface area (Å²) < 4.78 is 0. The van der Waals surface area contributed by atoms with Crippen LogP contribution in [-0.4, -0.2) is 17.4 Å². The van der Waals surface area contributed by atoms with Crippen LogP contribution >= 0.6 is 0 Å². The lowest BCUT2D eigenvalue weighted by Gasteiger charge is -2.07. The van der Waals surface area contributed by atoms with E-state index < -0.39 is 0 Å². The Labute approximate surface area is 110 Å². The van der Waals surface area contributed by atoms with E-state index in [9.17, 15) is 4.79 Å². The highest BCUT2D eigenvalue weighted by Crippen LogP contribution is 2.05. The molecule has 0 aliphatic carbocycles. The minimum atomic E-state index is 0.182. The van der Waals surface area contributed by atoms with Crippen molar-refractivity contribution in [2.45, 2.75) is 46.0 Å². The molecule has 1 aromatic heterocycles. The van der Waals surface area contributed by atoms with Gasteiger partial charge in [-0.2, -0.15) is 0 Å². The number of amides is 1. The van der Waals surface area contributed by atoms with Crippen LogP contribution in [0.5, 0.6) is 0 Å². The van der Waals surface area contributed by atoms with E-state index in [2.05, 4.69) is 30.2 Å². The zero-order chi connectivity index (χ0) is 13.2. The van der Waals surface area contributed by atoms with Gasteiger partial charge in [-0.1, -0.05) is 26.3 Å². The van der Waals surface area contributed by atoms with E-state index in [0.717, 1.165) is 37.9 Å². The topological polar surface area (TPSA) is 42.0 Å². The Morgan fingerprint density at radius 1 is 1.28 bits per heavy atom. The molecule has 0 fully saturated rings. The van der Waals surface area contributed by atoms with Gasteiger partial charge in [0.2, 0.25) is 5.91 Å². The number of hydrogen-bond donors (Lipinski definition) is 1. The zero-order valence-corrected chi connectivity index (χ0v) is 11.5. The molecule has 1 N–H and O–H groups in total. The predicted octanol–water partition coefficient (Wildman–Crippen LogP) is 2.96. The summed E-state index contributed by atoms with van der Waals surface area (Å²) in [5.74, 6) is 0.708. The summed E-state index contributed by atoms with van der Waals surface area (Å²) in [7, 11) is 0. The average Bonchev–Trinajstić information content (AvgIpc) is 2.37. The molecule has 100 valence electrons. The van der Waals surface area contributed by atoms with Crippen LogP contribution in [0.3, 0.4) is 0 Å². The lowest BCUT2D eigenvalue weighted by Crippen LogP contribution is -2.26. The summed E-state index contributed by atoms with van der Waals surface area (Å²) in [4.78, 5) is 15.7. The molecule has 0 atom stereocenters. The molecular formula is C15H24N2O. The van der Waals surface area contributed by atoms with Gasteiger partial charge in [-0.05, 0) is 37.3 Å². The normalized spacial score (nSPS) is 10.6. The molecule has 1 amide bonds. The van der Waals surface area contributed by atoms with Gasteiger partial charge in [0.15, 0.2) is 0 Å². The molecule has 0 aromatic carbocycles. The van der Waals surface area contributed by atoms with E-state index in [1.165, 1.54) is 0 Å². The van der Waals surface area contributed by atoms with Crippen LogP contribution < -0.4 is 5.32 Å². The van der Waals surface area contributed by atoms with Crippen LogP contribution in [0, 0.1) is 5.92 Å². The Hall–Kier alpha value is -1.38. The first-order chi connectivity index (χ1) is 8.68. The van der Waals surface area contributed by atoms with Crippen molar-refractivity contribution in [3.63, 3.8) is 0 Å². The third kappa shape index (κ3) is 7.05. The van der Waals surface area contributed by atoms with Crippen molar-refractivity contribution in [2.75, 3.05) is 6.54 Å². The van der Waals surface area contributed by atoms with Gasteiger partial charge in [-0.3, -0.25) is 9.78 Å². The molecule has 0 unspecified atom stereocenters. The lowest BCUT2D eigenvalue weighted by molar-refractivity contribution is -0.121. The minimum Gasteiger partial charge on any atom is -0.356 e. The Bertz CT molecular complexity index is 336. The number of nitrogens with one attached hydrogen (secondary N) is 1. The van der Waals surface area contributed by atoms with Gasteiger partial charge in [0.25, 0.3) is 0 Å². The van der Waals surface area contributed by atoms with Crippen LogP contribution in [0.15, 0.2) is 24.4 Å². The number of nitrogens with zero attached hydrogens (tertiary/aromatic N) is 1. The van der Waals surface area contributed by atoms with Gasteiger partial charge in [-0.15, -0.1) is 0 Å². The smallest absolute Gasteiger partial charge is 0.220 e. The molecule has 0 aliphatic heterocycles. The largest absolute Gasteiger partial charge is 0.356 e. The standard InChI is InChI=1S/C15H24N2O/c1-13(2)12-17-15(18)10-5-3-4-8-14-9-6-7-11-16-14/h6-7,9,11,13H,3-5,8,10,12H2,1-2H3,(H,17,18). The lowest BCUT2D eigenvalue weighted by atomic mass is 10.1. The van der Waals surface area contributed by atoms with Gasteiger partial charge in [0.05, 0.1) is 0 Å². The van der Waals surface area contributed by atoms with E-state index >= 15 is 0 Å². The summed E-state index contributed by atoms with van der Waals surface area (Å²) in [5.41, 5.74) is 1.14. The third-order valence-electron chi connectivity index (χ3n) is 2.77. The highest BCUT2D eigenvalue weighted by atomic mass is 16.1. The Morgan fingerprint density at radius 3 is 2.78 bits per heavy atom. The van der Waals surface area contributed by atoms with Crippen molar-refractivity contribution < 1.29 is 4.79 Å². The highest BCUT2D eigenvalue weighted by molar-refractivity contribution is 5.75. The minimum absolute atomic E-state index is 0.182. The monoisotopic (exact) mass is 248 g/mol. The maximum absolute atomic E-state index is 11.5. The fourth-order valence-electron chi connectivity index (χ4n) is 1.72. The molecule has 0 saturated heterocycles. The zero-order valence-electron chi connectivity index (χ0n) is 11.5. The third-order valence-corrected chi connectivity index (χ3v) is 2.77. The van der Waals surface area contributed by atoms with E-state index in [-0.39, 0.29) is 5.91 Å². The summed E-state index contributed by atoms with van der Waals surface area (Å²) >= 11 is 0. The fraction of sp³-hybridized carbons (Fsp3) is 0.600. The van der Waals surface area contributed by atoms with Crippen molar-refractivity contribution in [2.24, 2.45) is 5.92 Å². The van der Waals surface area contributed by atoms with Crippen LogP contribution in [-0.2, 0) is 11.2 Å². The molecule has 0 saturated carbocycles. The molecule has 18 heavy (non-hydrogen) atoms. The van der Waals surface area contributed by atoms with Gasteiger partial charge in [-0.25, -0.2) is 0 Å². The van der Waals surface area contributed by atoms with Crippen LogP contribution in [0.1, 0.15) is 45.2 Å². The summed E-state index contributed by atoms with van der Waals surface area (Å²) in [6, 6.07) is 6.00. The Balaban J connectivity index is 2.00. The first kappa shape index (κ1) is 14.7. The molecule has 1 aromatic rings. The van der Waals surface area contributed by atoms with E-state index in [1.807, 2.05) is 18.3 Å². The number of pyridine rings is 1. The number of unbranched alkanes of at least 4 members (excludes halogenated alkanes) is 2. The molecule has 0 radical (unpaired) electrons. The Morgan fingerprint density at radius 2 is 2.11 bits per heavy atom. The van der Waals surface area contributed by atoms with E-state index in [4.69, 9.17) is 0 Å². The first-order valence-corrected chi connectivity index (χ1v) is 6.85. The molecule has 0 bridgehead atoms. The van der Waals surface area contributed by atoms with E-state index in [1.54, 1.807) is 0 Å². The maximum atomic E-state index is 11.5. The molecule has 0 aliphatic rings. The van der Waals surface area contributed by atoms with Crippen LogP contribution in [0.4, 0.5) is 0 Å². The van der Waals surface area contributed by atoms with Crippen molar-refractivity contribution in [1.29, 1.82) is 0 Å². The SMILES string of the molecule is CC(C)CNC(=O)CCCCCc1ccccn1. The first-order valence-electron chi connectivity index (χ1n) is 6.85. The highest BCUT2D eigenvalue weighted by Gasteiger charge is 2.02. The second kappa shape index (κ2) is 8.67. The van der Waals surface area contributed by atoms with Crippen molar-refractivity contribution in [3.05, 3.63) is 30.1 Å². The number of carbonyl (C=O) groups is 1. The summed E-state index contributed by atoms with van der Waals surface area (Å²) in [6.45, 7) is 4.99. The summed E-state index contributed by atoms with van der Waals surface area (Å²) in [6.07, 6.45) is 6.65. The average molecular weight is 248 g/mol. The predicted molar refractivity (Wildman–Crippen MR) is 74.3 cm³/mol. The number of carbonyl (C=O) groups excluding carboxylic acids is 1. The number of hydrogen-bond acceptors (Lipinski definition) is 2. The number of aryl methyl sites for hydroxylation is 1. The second-order valence-corrected chi connectivity index (χ2v) is 5.08. The number of aromatic nitrogens is 1. The van der Waals surface area contributed by atoms with Crippen LogP contribution in [0.25, 0.3) is 0 Å².